The van der Waals surface area contributed by atoms with E-state index in [1.807, 2.05) is 24.4 Å². The highest BCUT2D eigenvalue weighted by Gasteiger charge is 2.15. The van der Waals surface area contributed by atoms with Gasteiger partial charge in [-0.25, -0.2) is 0 Å². The number of hydrogen-bond acceptors (Lipinski definition) is 2. The van der Waals surface area contributed by atoms with Gasteiger partial charge in [-0.3, -0.25) is 4.79 Å². The molecule has 2 aromatic rings. The molecule has 1 atom stereocenters. The molecule has 0 saturated heterocycles. The van der Waals surface area contributed by atoms with Crippen molar-refractivity contribution >= 4 is 39.5 Å². The van der Waals surface area contributed by atoms with Crippen LogP contribution in [-0.2, 0) is 11.2 Å². The SMILES string of the molecule is N[C@@H](Cc1c[nH]c2c(I)cccc12)C(=O)O. The van der Waals surface area contributed by atoms with E-state index in [0.717, 1.165) is 20.0 Å². The van der Waals surface area contributed by atoms with Gasteiger partial charge in [0, 0.05) is 21.6 Å². The van der Waals surface area contributed by atoms with Crippen LogP contribution in [0.1, 0.15) is 5.56 Å². The van der Waals surface area contributed by atoms with Crippen LogP contribution in [0.2, 0.25) is 0 Å². The van der Waals surface area contributed by atoms with Gasteiger partial charge in [0.15, 0.2) is 0 Å². The number of carboxylic acid groups (broad SMARTS) is 1. The quantitative estimate of drug-likeness (QED) is 0.750. The maximum atomic E-state index is 10.7. The standard InChI is InChI=1S/C11H11IN2O2/c12-8-3-1-2-7-6(5-14-10(7)8)4-9(13)11(15)16/h1-3,5,9,14H,4,13H2,(H,15,16)/t9-/m0/s1. The second-order valence-corrected chi connectivity index (χ2v) is 4.79. The number of aromatic nitrogens is 1. The first-order valence-corrected chi connectivity index (χ1v) is 5.90. The number of halogens is 1. The first-order valence-electron chi connectivity index (χ1n) is 4.82. The molecule has 0 unspecified atom stereocenters. The number of rotatable bonds is 3. The number of nitrogens with one attached hydrogen (secondary N) is 1. The van der Waals surface area contributed by atoms with E-state index in [1.165, 1.54) is 0 Å². The summed E-state index contributed by atoms with van der Waals surface area (Å²) in [5.41, 5.74) is 7.51. The van der Waals surface area contributed by atoms with E-state index < -0.39 is 12.0 Å². The van der Waals surface area contributed by atoms with Crippen molar-refractivity contribution < 1.29 is 9.90 Å². The van der Waals surface area contributed by atoms with Gasteiger partial charge in [0.2, 0.25) is 0 Å². The van der Waals surface area contributed by atoms with Crippen molar-refractivity contribution in [2.45, 2.75) is 12.5 Å². The Morgan fingerprint density at radius 2 is 2.31 bits per heavy atom. The first kappa shape index (κ1) is 11.4. The Labute approximate surface area is 106 Å². The molecular weight excluding hydrogens is 319 g/mol. The van der Waals surface area contributed by atoms with Crippen molar-refractivity contribution in [3.63, 3.8) is 0 Å². The van der Waals surface area contributed by atoms with Crippen LogP contribution in [0, 0.1) is 3.57 Å². The number of para-hydroxylation sites is 1. The van der Waals surface area contributed by atoms with Crippen molar-refractivity contribution in [1.82, 2.24) is 4.98 Å². The zero-order valence-electron chi connectivity index (χ0n) is 8.40. The first-order chi connectivity index (χ1) is 7.59. The molecule has 0 saturated carbocycles. The summed E-state index contributed by atoms with van der Waals surface area (Å²) in [7, 11) is 0. The van der Waals surface area contributed by atoms with Crippen LogP contribution in [0.3, 0.4) is 0 Å². The number of benzene rings is 1. The van der Waals surface area contributed by atoms with Gasteiger partial charge < -0.3 is 15.8 Å². The monoisotopic (exact) mass is 330 g/mol. The van der Waals surface area contributed by atoms with E-state index in [4.69, 9.17) is 10.8 Å². The minimum Gasteiger partial charge on any atom is -0.480 e. The predicted molar refractivity (Wildman–Crippen MR) is 70.3 cm³/mol. The molecule has 1 aromatic heterocycles. The molecule has 0 radical (unpaired) electrons. The van der Waals surface area contributed by atoms with Crippen molar-refractivity contribution in [3.05, 3.63) is 33.5 Å². The summed E-state index contributed by atoms with van der Waals surface area (Å²) in [6, 6.07) is 5.07. The summed E-state index contributed by atoms with van der Waals surface area (Å²) >= 11 is 2.24. The largest absolute Gasteiger partial charge is 0.480 e. The Morgan fingerprint density at radius 3 is 3.00 bits per heavy atom. The zero-order valence-corrected chi connectivity index (χ0v) is 10.6. The molecule has 0 aliphatic carbocycles. The Hall–Kier alpha value is -1.08. The van der Waals surface area contributed by atoms with Crippen LogP contribution in [0.25, 0.3) is 10.9 Å². The van der Waals surface area contributed by atoms with Crippen LogP contribution >= 0.6 is 22.6 Å². The smallest absolute Gasteiger partial charge is 0.320 e. The minimum atomic E-state index is -0.972. The average Bonchev–Trinajstić information content (AvgIpc) is 2.63. The minimum absolute atomic E-state index is 0.343. The molecule has 0 fully saturated rings. The normalized spacial score (nSPS) is 12.9. The zero-order chi connectivity index (χ0) is 11.7. The molecule has 84 valence electrons. The number of aromatic amines is 1. The number of carbonyl (C=O) groups is 1. The predicted octanol–water partition coefficient (Wildman–Crippen LogP) is 1.73. The van der Waals surface area contributed by atoms with Crippen LogP contribution in [0.4, 0.5) is 0 Å². The summed E-state index contributed by atoms with van der Waals surface area (Å²) in [5.74, 6) is -0.972. The van der Waals surface area contributed by atoms with Crippen LogP contribution in [0.15, 0.2) is 24.4 Å². The lowest BCUT2D eigenvalue weighted by molar-refractivity contribution is -0.138. The summed E-state index contributed by atoms with van der Waals surface area (Å²) in [6.45, 7) is 0. The van der Waals surface area contributed by atoms with E-state index in [-0.39, 0.29) is 0 Å². The number of nitrogens with two attached hydrogens (primary N) is 1. The fraction of sp³-hybridized carbons (Fsp3) is 0.182. The van der Waals surface area contributed by atoms with E-state index in [9.17, 15) is 4.79 Å². The molecule has 0 aliphatic heterocycles. The average molecular weight is 330 g/mol. The van der Waals surface area contributed by atoms with Crippen LogP contribution in [0.5, 0.6) is 0 Å². The Kier molecular flexibility index (Phi) is 3.15. The molecule has 4 nitrogen and oxygen atoms in total. The van der Waals surface area contributed by atoms with Gasteiger partial charge in [-0.1, -0.05) is 12.1 Å². The fourth-order valence-electron chi connectivity index (χ4n) is 1.67. The topological polar surface area (TPSA) is 79.1 Å². The molecule has 0 bridgehead atoms. The molecule has 0 amide bonds. The lowest BCUT2D eigenvalue weighted by Gasteiger charge is -2.04. The lowest BCUT2D eigenvalue weighted by atomic mass is 10.1. The molecule has 16 heavy (non-hydrogen) atoms. The van der Waals surface area contributed by atoms with E-state index >= 15 is 0 Å². The van der Waals surface area contributed by atoms with Gasteiger partial charge in [-0.2, -0.15) is 0 Å². The lowest BCUT2D eigenvalue weighted by Crippen LogP contribution is -2.32. The van der Waals surface area contributed by atoms with Crippen molar-refractivity contribution in [2.24, 2.45) is 5.73 Å². The number of H-pyrrole nitrogens is 1. The summed E-state index contributed by atoms with van der Waals surface area (Å²) < 4.78 is 1.12. The molecule has 1 heterocycles. The number of fused-ring (bicyclic) bond motifs is 1. The molecule has 0 spiro atoms. The Balaban J connectivity index is 2.39. The third-order valence-corrected chi connectivity index (χ3v) is 3.41. The highest BCUT2D eigenvalue weighted by molar-refractivity contribution is 14.1. The van der Waals surface area contributed by atoms with Gasteiger partial charge in [0.1, 0.15) is 6.04 Å². The van der Waals surface area contributed by atoms with Gasteiger partial charge >= 0.3 is 5.97 Å². The van der Waals surface area contributed by atoms with Crippen molar-refractivity contribution in [2.75, 3.05) is 0 Å². The third-order valence-electron chi connectivity index (χ3n) is 2.51. The Morgan fingerprint density at radius 1 is 1.56 bits per heavy atom. The second-order valence-electron chi connectivity index (χ2n) is 3.63. The van der Waals surface area contributed by atoms with Crippen LogP contribution in [-0.4, -0.2) is 22.1 Å². The van der Waals surface area contributed by atoms with E-state index in [2.05, 4.69) is 27.6 Å². The maximum Gasteiger partial charge on any atom is 0.320 e. The van der Waals surface area contributed by atoms with E-state index in [1.54, 1.807) is 0 Å². The number of carboxylic acids is 1. The molecular formula is C11H11IN2O2. The van der Waals surface area contributed by atoms with E-state index in [0.29, 0.717) is 6.42 Å². The molecule has 5 heteroatoms. The van der Waals surface area contributed by atoms with Crippen LogP contribution < -0.4 is 5.73 Å². The van der Waals surface area contributed by atoms with Crippen molar-refractivity contribution in [3.8, 4) is 0 Å². The highest BCUT2D eigenvalue weighted by atomic mass is 127. The second kappa shape index (κ2) is 4.42. The third kappa shape index (κ3) is 2.05. The summed E-state index contributed by atoms with van der Waals surface area (Å²) in [4.78, 5) is 13.8. The van der Waals surface area contributed by atoms with Gasteiger partial charge in [-0.15, -0.1) is 0 Å². The van der Waals surface area contributed by atoms with Gasteiger partial charge in [-0.05, 0) is 34.2 Å². The summed E-state index contributed by atoms with van der Waals surface area (Å²) in [5, 5.41) is 9.82. The fourth-order valence-corrected chi connectivity index (χ4v) is 2.32. The molecule has 0 aliphatic rings. The number of aliphatic carboxylic acids is 1. The van der Waals surface area contributed by atoms with Crippen molar-refractivity contribution in [1.29, 1.82) is 0 Å². The summed E-state index contributed by atoms with van der Waals surface area (Å²) in [6.07, 6.45) is 2.17. The maximum absolute atomic E-state index is 10.7. The van der Waals surface area contributed by atoms with Gasteiger partial charge in [0.25, 0.3) is 0 Å². The van der Waals surface area contributed by atoms with Gasteiger partial charge in [0.05, 0.1) is 5.52 Å². The highest BCUT2D eigenvalue weighted by Crippen LogP contribution is 2.23. The molecule has 4 N–H and O–H groups in total. The number of hydrogen-bond donors (Lipinski definition) is 3. The molecule has 1 aromatic carbocycles. The molecule has 2 rings (SSSR count). The Bertz CT molecular complexity index is 536.